The Labute approximate surface area is 120 Å². The summed E-state index contributed by atoms with van der Waals surface area (Å²) in [6.45, 7) is 3.98. The zero-order valence-corrected chi connectivity index (χ0v) is 12.0. The van der Waals surface area contributed by atoms with Gasteiger partial charge >= 0.3 is 0 Å². The van der Waals surface area contributed by atoms with E-state index in [1.54, 1.807) is 6.20 Å². The minimum absolute atomic E-state index is 0.135. The van der Waals surface area contributed by atoms with E-state index in [0.29, 0.717) is 6.42 Å². The molecule has 0 fully saturated rings. The number of hydrogen-bond acceptors (Lipinski definition) is 3. The Kier molecular flexibility index (Phi) is 5.13. The standard InChI is InChI=1S/C17H21NO2/c1-13(2)20-16-8-5-6-14(12-16)17(19)10-9-15-7-3-4-11-18-15/h3-8,11-13,17,19H,9-10H2,1-2H3. The average molecular weight is 271 g/mol. The number of hydrogen-bond donors (Lipinski definition) is 1. The van der Waals surface area contributed by atoms with Crippen LogP contribution < -0.4 is 4.74 Å². The van der Waals surface area contributed by atoms with Crippen LogP contribution in [0.1, 0.15) is 37.6 Å². The van der Waals surface area contributed by atoms with Gasteiger partial charge in [0.25, 0.3) is 0 Å². The molecule has 3 heteroatoms. The predicted octanol–water partition coefficient (Wildman–Crippen LogP) is 3.54. The molecule has 0 amide bonds. The smallest absolute Gasteiger partial charge is 0.120 e. The van der Waals surface area contributed by atoms with Crippen LogP contribution in [0.4, 0.5) is 0 Å². The Morgan fingerprint density at radius 3 is 2.70 bits per heavy atom. The highest BCUT2D eigenvalue weighted by Crippen LogP contribution is 2.23. The Morgan fingerprint density at radius 1 is 1.15 bits per heavy atom. The number of pyridine rings is 1. The van der Waals surface area contributed by atoms with Gasteiger partial charge in [-0.3, -0.25) is 4.98 Å². The van der Waals surface area contributed by atoms with E-state index in [1.807, 2.05) is 56.3 Å². The van der Waals surface area contributed by atoms with Gasteiger partial charge in [-0.1, -0.05) is 18.2 Å². The maximum absolute atomic E-state index is 10.3. The van der Waals surface area contributed by atoms with Crippen LogP contribution >= 0.6 is 0 Å². The van der Waals surface area contributed by atoms with E-state index in [4.69, 9.17) is 4.74 Å². The molecule has 1 heterocycles. The van der Waals surface area contributed by atoms with Crippen LogP contribution in [0, 0.1) is 0 Å². The Bertz CT molecular complexity index is 526. The molecule has 1 unspecified atom stereocenters. The number of rotatable bonds is 6. The number of aromatic nitrogens is 1. The Balaban J connectivity index is 1.96. The van der Waals surface area contributed by atoms with E-state index < -0.39 is 6.10 Å². The molecule has 1 atom stereocenters. The second-order valence-electron chi connectivity index (χ2n) is 5.11. The lowest BCUT2D eigenvalue weighted by Gasteiger charge is -2.14. The van der Waals surface area contributed by atoms with Gasteiger partial charge in [-0.15, -0.1) is 0 Å². The number of benzene rings is 1. The molecule has 20 heavy (non-hydrogen) atoms. The molecule has 0 saturated carbocycles. The Hall–Kier alpha value is -1.87. The fourth-order valence-electron chi connectivity index (χ4n) is 2.06. The first-order chi connectivity index (χ1) is 9.65. The third-order valence-electron chi connectivity index (χ3n) is 3.01. The molecule has 0 aliphatic carbocycles. The van der Waals surface area contributed by atoms with Crippen LogP contribution in [0.5, 0.6) is 5.75 Å². The summed E-state index contributed by atoms with van der Waals surface area (Å²) in [4.78, 5) is 4.27. The number of ether oxygens (including phenoxy) is 1. The van der Waals surface area contributed by atoms with E-state index in [0.717, 1.165) is 23.4 Å². The van der Waals surface area contributed by atoms with Crippen molar-refractivity contribution in [3.8, 4) is 5.75 Å². The molecule has 0 aliphatic rings. The van der Waals surface area contributed by atoms with Crippen molar-refractivity contribution < 1.29 is 9.84 Å². The molecule has 2 aromatic rings. The summed E-state index contributed by atoms with van der Waals surface area (Å²) < 4.78 is 5.64. The third kappa shape index (κ3) is 4.35. The molecule has 106 valence electrons. The van der Waals surface area contributed by atoms with Crippen LogP contribution in [0.3, 0.4) is 0 Å². The maximum atomic E-state index is 10.3. The zero-order valence-electron chi connectivity index (χ0n) is 12.0. The van der Waals surface area contributed by atoms with E-state index in [2.05, 4.69) is 4.98 Å². The van der Waals surface area contributed by atoms with Crippen molar-refractivity contribution in [2.24, 2.45) is 0 Å². The highest BCUT2D eigenvalue weighted by molar-refractivity contribution is 5.30. The van der Waals surface area contributed by atoms with E-state index in [1.165, 1.54) is 0 Å². The second-order valence-corrected chi connectivity index (χ2v) is 5.11. The van der Waals surface area contributed by atoms with Crippen molar-refractivity contribution >= 4 is 0 Å². The van der Waals surface area contributed by atoms with Gasteiger partial charge in [-0.2, -0.15) is 0 Å². The van der Waals surface area contributed by atoms with Crippen molar-refractivity contribution in [2.45, 2.75) is 38.9 Å². The van der Waals surface area contributed by atoms with Crippen molar-refractivity contribution in [2.75, 3.05) is 0 Å². The topological polar surface area (TPSA) is 42.4 Å². The van der Waals surface area contributed by atoms with Gasteiger partial charge in [0.05, 0.1) is 12.2 Å². The highest BCUT2D eigenvalue weighted by atomic mass is 16.5. The molecule has 2 rings (SSSR count). The highest BCUT2D eigenvalue weighted by Gasteiger charge is 2.09. The van der Waals surface area contributed by atoms with Crippen molar-refractivity contribution in [3.63, 3.8) is 0 Å². The van der Waals surface area contributed by atoms with Crippen molar-refractivity contribution in [1.82, 2.24) is 4.98 Å². The lowest BCUT2D eigenvalue weighted by atomic mass is 10.0. The van der Waals surface area contributed by atoms with E-state index >= 15 is 0 Å². The number of nitrogens with zero attached hydrogens (tertiary/aromatic N) is 1. The van der Waals surface area contributed by atoms with Crippen LogP contribution in [0.25, 0.3) is 0 Å². The largest absolute Gasteiger partial charge is 0.491 e. The van der Waals surface area contributed by atoms with Crippen LogP contribution in [-0.2, 0) is 6.42 Å². The summed E-state index contributed by atoms with van der Waals surface area (Å²) in [5.41, 5.74) is 1.89. The molecular weight excluding hydrogens is 250 g/mol. The normalized spacial score (nSPS) is 12.4. The minimum atomic E-state index is -0.493. The predicted molar refractivity (Wildman–Crippen MR) is 79.7 cm³/mol. The van der Waals surface area contributed by atoms with Gasteiger partial charge < -0.3 is 9.84 Å². The van der Waals surface area contributed by atoms with Gasteiger partial charge in [0.15, 0.2) is 0 Å². The molecule has 0 radical (unpaired) electrons. The fraction of sp³-hybridized carbons (Fsp3) is 0.353. The van der Waals surface area contributed by atoms with Gasteiger partial charge in [0.1, 0.15) is 5.75 Å². The molecule has 0 aliphatic heterocycles. The number of aliphatic hydroxyl groups is 1. The molecule has 3 nitrogen and oxygen atoms in total. The summed E-state index contributed by atoms with van der Waals surface area (Å²) in [6.07, 6.45) is 2.83. The lowest BCUT2D eigenvalue weighted by molar-refractivity contribution is 0.166. The summed E-state index contributed by atoms with van der Waals surface area (Å²) in [5.74, 6) is 0.800. The molecule has 0 spiro atoms. The van der Waals surface area contributed by atoms with Gasteiger partial charge in [0, 0.05) is 11.9 Å². The van der Waals surface area contributed by atoms with Gasteiger partial charge in [-0.25, -0.2) is 0 Å². The fourth-order valence-corrected chi connectivity index (χ4v) is 2.06. The first kappa shape index (κ1) is 14.5. The first-order valence-corrected chi connectivity index (χ1v) is 7.00. The van der Waals surface area contributed by atoms with Crippen molar-refractivity contribution in [1.29, 1.82) is 0 Å². The Morgan fingerprint density at radius 2 is 2.00 bits per heavy atom. The zero-order chi connectivity index (χ0) is 14.4. The van der Waals surface area contributed by atoms with E-state index in [9.17, 15) is 5.11 Å². The maximum Gasteiger partial charge on any atom is 0.120 e. The van der Waals surface area contributed by atoms with Crippen molar-refractivity contribution in [3.05, 3.63) is 59.9 Å². The van der Waals surface area contributed by atoms with Gasteiger partial charge in [-0.05, 0) is 56.5 Å². The third-order valence-corrected chi connectivity index (χ3v) is 3.01. The quantitative estimate of drug-likeness (QED) is 0.874. The second kappa shape index (κ2) is 7.06. The molecule has 1 aromatic carbocycles. The van der Waals surface area contributed by atoms with Crippen LogP contribution in [0.2, 0.25) is 0 Å². The summed E-state index contributed by atoms with van der Waals surface area (Å²) in [7, 11) is 0. The molecule has 1 N–H and O–H groups in total. The minimum Gasteiger partial charge on any atom is -0.491 e. The monoisotopic (exact) mass is 271 g/mol. The summed E-state index contributed by atoms with van der Waals surface area (Å²) in [5, 5.41) is 10.3. The molecule has 0 bridgehead atoms. The number of aliphatic hydroxyl groups excluding tert-OH is 1. The lowest BCUT2D eigenvalue weighted by Crippen LogP contribution is -2.06. The molecule has 1 aromatic heterocycles. The number of aryl methyl sites for hydroxylation is 1. The van der Waals surface area contributed by atoms with E-state index in [-0.39, 0.29) is 6.10 Å². The van der Waals surface area contributed by atoms with Crippen LogP contribution in [-0.4, -0.2) is 16.2 Å². The van der Waals surface area contributed by atoms with Gasteiger partial charge in [0.2, 0.25) is 0 Å². The summed E-state index contributed by atoms with van der Waals surface area (Å²) in [6, 6.07) is 13.5. The molecular formula is C17H21NO2. The molecule has 0 saturated heterocycles. The first-order valence-electron chi connectivity index (χ1n) is 7.00. The summed E-state index contributed by atoms with van der Waals surface area (Å²) >= 11 is 0. The average Bonchev–Trinajstić information content (AvgIpc) is 2.45. The SMILES string of the molecule is CC(C)Oc1cccc(C(O)CCc2ccccn2)c1. The van der Waals surface area contributed by atoms with Crippen LogP contribution in [0.15, 0.2) is 48.7 Å².